The summed E-state index contributed by atoms with van der Waals surface area (Å²) < 4.78 is 0. The summed E-state index contributed by atoms with van der Waals surface area (Å²) >= 11 is 4.03. The quantitative estimate of drug-likeness (QED) is 0.140. The Kier molecular flexibility index (Phi) is 12.4. The predicted molar refractivity (Wildman–Crippen MR) is 97.7 cm³/mol. The van der Waals surface area contributed by atoms with Crippen molar-refractivity contribution < 1.29 is 29.4 Å². The SMILES string of the molecule is NCCCC[C@H](NC(=O)[C@H](CCS)NC(=O)CC[C@H](N)C(=O)O)C(=O)O. The molecule has 0 fully saturated rings. The first-order valence-corrected chi connectivity index (χ1v) is 8.98. The fourth-order valence-corrected chi connectivity index (χ4v) is 2.36. The third kappa shape index (κ3) is 10.2. The van der Waals surface area contributed by atoms with Crippen molar-refractivity contribution in [2.24, 2.45) is 11.5 Å². The van der Waals surface area contributed by atoms with Gasteiger partial charge in [0.15, 0.2) is 0 Å². The number of amides is 2. The van der Waals surface area contributed by atoms with Crippen molar-refractivity contribution in [1.29, 1.82) is 0 Å². The van der Waals surface area contributed by atoms with E-state index in [4.69, 9.17) is 16.6 Å². The minimum Gasteiger partial charge on any atom is -0.480 e. The number of thiol groups is 1. The predicted octanol–water partition coefficient (Wildman–Crippen LogP) is -1.32. The summed E-state index contributed by atoms with van der Waals surface area (Å²) in [6, 6.07) is -3.21. The molecule has 3 atom stereocenters. The number of carbonyl (C=O) groups is 4. The molecular formula is C15H28N4O6S. The normalized spacial score (nSPS) is 14.1. The monoisotopic (exact) mass is 392 g/mol. The molecule has 0 radical (unpaired) electrons. The van der Waals surface area contributed by atoms with Crippen molar-refractivity contribution in [1.82, 2.24) is 10.6 Å². The minimum absolute atomic E-state index is 0.0762. The van der Waals surface area contributed by atoms with Gasteiger partial charge in [-0.25, -0.2) is 4.79 Å². The molecule has 8 N–H and O–H groups in total. The molecule has 26 heavy (non-hydrogen) atoms. The van der Waals surface area contributed by atoms with Crippen LogP contribution < -0.4 is 22.1 Å². The molecule has 0 aromatic heterocycles. The molecule has 0 aliphatic rings. The van der Waals surface area contributed by atoms with Gasteiger partial charge < -0.3 is 32.3 Å². The van der Waals surface area contributed by atoms with Gasteiger partial charge in [-0.05, 0) is 44.4 Å². The van der Waals surface area contributed by atoms with Gasteiger partial charge in [-0.15, -0.1) is 0 Å². The smallest absolute Gasteiger partial charge is 0.326 e. The number of nitrogens with one attached hydrogen (secondary N) is 2. The lowest BCUT2D eigenvalue weighted by atomic mass is 10.1. The highest BCUT2D eigenvalue weighted by atomic mass is 32.1. The fourth-order valence-electron chi connectivity index (χ4n) is 2.10. The first-order valence-electron chi connectivity index (χ1n) is 8.34. The van der Waals surface area contributed by atoms with Gasteiger partial charge in [0.05, 0.1) is 0 Å². The van der Waals surface area contributed by atoms with Gasteiger partial charge in [-0.2, -0.15) is 12.6 Å². The molecular weight excluding hydrogens is 364 g/mol. The van der Waals surface area contributed by atoms with E-state index in [1.165, 1.54) is 0 Å². The number of nitrogens with two attached hydrogens (primary N) is 2. The Bertz CT molecular complexity index is 491. The van der Waals surface area contributed by atoms with Crippen LogP contribution in [-0.4, -0.2) is 64.4 Å². The van der Waals surface area contributed by atoms with Crippen molar-refractivity contribution in [3.8, 4) is 0 Å². The van der Waals surface area contributed by atoms with Crippen molar-refractivity contribution in [3.05, 3.63) is 0 Å². The molecule has 0 aliphatic heterocycles. The molecule has 0 unspecified atom stereocenters. The molecule has 0 spiro atoms. The molecule has 0 aliphatic carbocycles. The van der Waals surface area contributed by atoms with Gasteiger partial charge in [0.2, 0.25) is 11.8 Å². The zero-order valence-corrected chi connectivity index (χ0v) is 15.4. The second kappa shape index (κ2) is 13.4. The van der Waals surface area contributed by atoms with Crippen LogP contribution in [0.5, 0.6) is 0 Å². The lowest BCUT2D eigenvalue weighted by Crippen LogP contribution is -2.52. The van der Waals surface area contributed by atoms with Crippen molar-refractivity contribution in [2.45, 2.75) is 56.7 Å². The summed E-state index contributed by atoms with van der Waals surface area (Å²) in [5, 5.41) is 22.8. The fraction of sp³-hybridized carbons (Fsp3) is 0.733. The Labute approximate surface area is 157 Å². The highest BCUT2D eigenvalue weighted by molar-refractivity contribution is 7.80. The average molecular weight is 392 g/mol. The number of unbranched alkanes of at least 4 members (excludes halogenated alkanes) is 1. The maximum absolute atomic E-state index is 12.3. The summed E-state index contributed by atoms with van der Waals surface area (Å²) in [4.78, 5) is 46.1. The van der Waals surface area contributed by atoms with Gasteiger partial charge in [0, 0.05) is 6.42 Å². The number of carbonyl (C=O) groups excluding carboxylic acids is 2. The minimum atomic E-state index is -1.22. The van der Waals surface area contributed by atoms with Gasteiger partial charge in [-0.3, -0.25) is 14.4 Å². The molecule has 11 heteroatoms. The number of carboxylic acids is 2. The Morgan fingerprint density at radius 1 is 0.923 bits per heavy atom. The highest BCUT2D eigenvalue weighted by Crippen LogP contribution is 2.04. The molecule has 0 aromatic carbocycles. The van der Waals surface area contributed by atoms with Gasteiger partial charge in [0.25, 0.3) is 0 Å². The number of hydrogen-bond donors (Lipinski definition) is 7. The topological polar surface area (TPSA) is 185 Å². The molecule has 2 amide bonds. The lowest BCUT2D eigenvalue weighted by Gasteiger charge is -2.21. The van der Waals surface area contributed by atoms with Crippen molar-refractivity contribution >= 4 is 36.4 Å². The van der Waals surface area contributed by atoms with Crippen molar-refractivity contribution in [3.63, 3.8) is 0 Å². The van der Waals surface area contributed by atoms with E-state index >= 15 is 0 Å². The standard InChI is InChI=1S/C15H28N4O6S/c16-7-2-1-3-11(15(24)25)19-13(21)10(6-8-26)18-12(20)5-4-9(17)14(22)23/h9-11,26H,1-8,16-17H2,(H,18,20)(H,19,21)(H,22,23)(H,24,25)/t9-,10-,11-/m0/s1. The molecule has 0 saturated carbocycles. The van der Waals surface area contributed by atoms with Gasteiger partial charge >= 0.3 is 11.9 Å². The van der Waals surface area contributed by atoms with Crippen LogP contribution in [0.2, 0.25) is 0 Å². The average Bonchev–Trinajstić information content (AvgIpc) is 2.58. The first-order chi connectivity index (χ1) is 12.2. The molecule has 150 valence electrons. The van der Waals surface area contributed by atoms with E-state index in [0.717, 1.165) is 0 Å². The Hall–Kier alpha value is -1.85. The zero-order valence-electron chi connectivity index (χ0n) is 14.5. The number of hydrogen-bond acceptors (Lipinski definition) is 7. The van der Waals surface area contributed by atoms with Gasteiger partial charge in [-0.1, -0.05) is 0 Å². The molecule has 0 bridgehead atoms. The number of aliphatic carboxylic acids is 2. The summed E-state index contributed by atoms with van der Waals surface area (Å²) in [5.74, 6) is -3.27. The van der Waals surface area contributed by atoms with E-state index in [9.17, 15) is 24.3 Å². The van der Waals surface area contributed by atoms with E-state index in [0.29, 0.717) is 19.4 Å². The third-order valence-corrected chi connectivity index (χ3v) is 3.89. The molecule has 0 rings (SSSR count). The van der Waals surface area contributed by atoms with Crippen LogP contribution in [0.1, 0.15) is 38.5 Å². The van der Waals surface area contributed by atoms with Crippen LogP contribution in [0.15, 0.2) is 0 Å². The lowest BCUT2D eigenvalue weighted by molar-refractivity contribution is -0.142. The van der Waals surface area contributed by atoms with Crippen molar-refractivity contribution in [2.75, 3.05) is 12.3 Å². The molecule has 10 nitrogen and oxygen atoms in total. The Balaban J connectivity index is 4.68. The largest absolute Gasteiger partial charge is 0.480 e. The Morgan fingerprint density at radius 2 is 1.58 bits per heavy atom. The molecule has 0 saturated heterocycles. The van der Waals surface area contributed by atoms with E-state index in [1.807, 2.05) is 0 Å². The summed E-state index contributed by atoms with van der Waals surface area (Å²) in [7, 11) is 0. The van der Waals surface area contributed by atoms with Crippen LogP contribution >= 0.6 is 12.6 Å². The molecule has 0 aromatic rings. The summed E-state index contributed by atoms with van der Waals surface area (Å²) in [6.45, 7) is 0.428. The van der Waals surface area contributed by atoms with Crippen LogP contribution in [0.25, 0.3) is 0 Å². The third-order valence-electron chi connectivity index (χ3n) is 3.63. The van der Waals surface area contributed by atoms with Crippen LogP contribution in [0.4, 0.5) is 0 Å². The van der Waals surface area contributed by atoms with E-state index < -0.39 is 41.9 Å². The number of carboxylic acid groups (broad SMARTS) is 2. The molecule has 0 heterocycles. The zero-order chi connectivity index (χ0) is 20.1. The highest BCUT2D eigenvalue weighted by Gasteiger charge is 2.26. The maximum atomic E-state index is 12.3. The maximum Gasteiger partial charge on any atom is 0.326 e. The first kappa shape index (κ1) is 24.1. The number of rotatable bonds is 14. The van der Waals surface area contributed by atoms with Crippen LogP contribution in [-0.2, 0) is 19.2 Å². The van der Waals surface area contributed by atoms with Crippen LogP contribution in [0, 0.1) is 0 Å². The van der Waals surface area contributed by atoms with Gasteiger partial charge in [0.1, 0.15) is 18.1 Å². The second-order valence-electron chi connectivity index (χ2n) is 5.80. The van der Waals surface area contributed by atoms with Crippen LogP contribution in [0.3, 0.4) is 0 Å². The Morgan fingerprint density at radius 3 is 2.08 bits per heavy atom. The summed E-state index contributed by atoms with van der Waals surface area (Å²) in [6.07, 6.45) is 1.37. The second-order valence-corrected chi connectivity index (χ2v) is 6.25. The van der Waals surface area contributed by atoms with E-state index in [2.05, 4.69) is 23.3 Å². The summed E-state index contributed by atoms with van der Waals surface area (Å²) in [5.41, 5.74) is 10.7. The van der Waals surface area contributed by atoms with E-state index in [-0.39, 0.29) is 31.4 Å². The van der Waals surface area contributed by atoms with E-state index in [1.54, 1.807) is 0 Å².